The molecule has 2 rings (SSSR count). The van der Waals surface area contributed by atoms with E-state index in [4.69, 9.17) is 5.73 Å². The van der Waals surface area contributed by atoms with Crippen LogP contribution >= 0.6 is 11.3 Å². The number of fused-ring (bicyclic) bond motifs is 1. The molecule has 1 aromatic heterocycles. The van der Waals surface area contributed by atoms with Gasteiger partial charge in [0.25, 0.3) is 0 Å². The molecule has 0 aliphatic heterocycles. The lowest BCUT2D eigenvalue weighted by molar-refractivity contribution is 1.28. The molecule has 1 aliphatic carbocycles. The summed E-state index contributed by atoms with van der Waals surface area (Å²) < 4.78 is 1.31. The molecule has 12 heavy (non-hydrogen) atoms. The third kappa shape index (κ3) is 1.30. The highest BCUT2D eigenvalue weighted by molar-refractivity contribution is 7.13. The highest BCUT2D eigenvalue weighted by Gasteiger charge is 1.95. The van der Waals surface area contributed by atoms with Crippen LogP contribution in [0.25, 0.3) is 12.2 Å². The van der Waals surface area contributed by atoms with Crippen molar-refractivity contribution in [1.82, 2.24) is 0 Å². The fraction of sp³-hybridized carbons (Fsp3) is 0.200. The number of allylic oxidation sites excluding steroid dienone is 2. The van der Waals surface area contributed by atoms with E-state index < -0.39 is 0 Å². The third-order valence-electron chi connectivity index (χ3n) is 1.97. The van der Waals surface area contributed by atoms with Crippen LogP contribution in [0.5, 0.6) is 0 Å². The summed E-state index contributed by atoms with van der Waals surface area (Å²) in [6.45, 7) is 2.15. The fourth-order valence-corrected chi connectivity index (χ4v) is 2.13. The maximum absolute atomic E-state index is 5.70. The Morgan fingerprint density at radius 3 is 3.08 bits per heavy atom. The van der Waals surface area contributed by atoms with Gasteiger partial charge in [0.1, 0.15) is 0 Å². The molecule has 1 aromatic rings. The van der Waals surface area contributed by atoms with Gasteiger partial charge in [-0.15, -0.1) is 11.3 Å². The van der Waals surface area contributed by atoms with Gasteiger partial charge in [-0.3, -0.25) is 0 Å². The van der Waals surface area contributed by atoms with Gasteiger partial charge in [-0.2, -0.15) is 0 Å². The summed E-state index contributed by atoms with van der Waals surface area (Å²) in [5.41, 5.74) is 7.10. The fourth-order valence-electron chi connectivity index (χ4n) is 1.28. The second kappa shape index (κ2) is 2.79. The van der Waals surface area contributed by atoms with Crippen molar-refractivity contribution in [2.24, 2.45) is 0 Å². The minimum Gasteiger partial charge on any atom is -0.391 e. The first-order chi connectivity index (χ1) is 5.75. The molecule has 62 valence electrons. The lowest BCUT2D eigenvalue weighted by atomic mass is 10.2. The Bertz CT molecular complexity index is 437. The van der Waals surface area contributed by atoms with Gasteiger partial charge in [-0.1, -0.05) is 23.8 Å². The maximum Gasteiger partial charge on any atom is 0.0868 e. The molecule has 0 atom stereocenters. The summed E-state index contributed by atoms with van der Waals surface area (Å²) in [7, 11) is 0. The van der Waals surface area contributed by atoms with Gasteiger partial charge in [0.15, 0.2) is 0 Å². The average molecular weight is 177 g/mol. The quantitative estimate of drug-likeness (QED) is 0.634. The van der Waals surface area contributed by atoms with Crippen LogP contribution in [0.4, 0.5) is 5.00 Å². The van der Waals surface area contributed by atoms with E-state index in [2.05, 4.69) is 25.2 Å². The van der Waals surface area contributed by atoms with Crippen LogP contribution in [0.15, 0.2) is 17.7 Å². The number of hydrogen-bond donors (Lipinski definition) is 1. The van der Waals surface area contributed by atoms with Gasteiger partial charge in [-0.05, 0) is 24.6 Å². The van der Waals surface area contributed by atoms with Gasteiger partial charge in [0.05, 0.1) is 5.00 Å². The average Bonchev–Trinajstić information content (AvgIpc) is 2.31. The summed E-state index contributed by atoms with van der Waals surface area (Å²) in [5, 5.41) is 2.16. The Kier molecular flexibility index (Phi) is 1.77. The van der Waals surface area contributed by atoms with Crippen molar-refractivity contribution < 1.29 is 0 Å². The maximum atomic E-state index is 5.70. The second-order valence-electron chi connectivity index (χ2n) is 3.06. The lowest BCUT2D eigenvalue weighted by Crippen LogP contribution is -2.15. The minimum atomic E-state index is 0.903. The second-order valence-corrected chi connectivity index (χ2v) is 4.17. The van der Waals surface area contributed by atoms with E-state index in [0.29, 0.717) is 0 Å². The molecule has 2 heteroatoms. The van der Waals surface area contributed by atoms with Crippen LogP contribution in [-0.2, 0) is 0 Å². The summed E-state index contributed by atoms with van der Waals surface area (Å²) in [4.78, 5) is 0. The Balaban J connectivity index is 2.70. The number of nitrogens with two attached hydrogens (primary N) is 1. The van der Waals surface area contributed by atoms with E-state index >= 15 is 0 Å². The monoisotopic (exact) mass is 177 g/mol. The molecule has 1 heterocycles. The van der Waals surface area contributed by atoms with Crippen molar-refractivity contribution in [3.8, 4) is 0 Å². The van der Waals surface area contributed by atoms with E-state index in [9.17, 15) is 0 Å². The molecule has 0 aromatic carbocycles. The molecule has 0 unspecified atom stereocenters. The summed E-state index contributed by atoms with van der Waals surface area (Å²) in [6.07, 6.45) is 7.59. The van der Waals surface area contributed by atoms with E-state index in [1.165, 1.54) is 15.3 Å². The predicted octanol–water partition coefficient (Wildman–Crippen LogP) is 1.24. The van der Waals surface area contributed by atoms with E-state index in [-0.39, 0.29) is 0 Å². The SMILES string of the molecule is CC1=CC=c2cc(N)sc2=CC1. The number of thiophene rings is 1. The molecule has 0 radical (unpaired) electrons. The van der Waals surface area contributed by atoms with Crippen LogP contribution in [0.2, 0.25) is 0 Å². The molecule has 0 spiro atoms. The number of anilines is 1. The first-order valence-electron chi connectivity index (χ1n) is 3.99. The number of nitrogen functional groups attached to an aromatic ring is 1. The minimum absolute atomic E-state index is 0.903. The molecular weight excluding hydrogens is 166 g/mol. The lowest BCUT2D eigenvalue weighted by Gasteiger charge is -1.87. The first-order valence-corrected chi connectivity index (χ1v) is 4.80. The highest BCUT2D eigenvalue weighted by Crippen LogP contribution is 2.06. The highest BCUT2D eigenvalue weighted by atomic mass is 32.1. The van der Waals surface area contributed by atoms with Crippen molar-refractivity contribution in [1.29, 1.82) is 0 Å². The van der Waals surface area contributed by atoms with Crippen LogP contribution in [0.3, 0.4) is 0 Å². The van der Waals surface area contributed by atoms with Gasteiger partial charge in [0, 0.05) is 4.53 Å². The van der Waals surface area contributed by atoms with Crippen LogP contribution in [0, 0.1) is 0 Å². The van der Waals surface area contributed by atoms with E-state index in [1.807, 2.05) is 6.07 Å². The van der Waals surface area contributed by atoms with E-state index in [1.54, 1.807) is 11.3 Å². The Morgan fingerprint density at radius 2 is 2.25 bits per heavy atom. The van der Waals surface area contributed by atoms with E-state index in [0.717, 1.165) is 11.4 Å². The summed E-state index contributed by atoms with van der Waals surface area (Å²) >= 11 is 1.66. The molecule has 0 amide bonds. The molecule has 1 nitrogen and oxygen atoms in total. The van der Waals surface area contributed by atoms with Gasteiger partial charge >= 0.3 is 0 Å². The van der Waals surface area contributed by atoms with Crippen molar-refractivity contribution in [3.63, 3.8) is 0 Å². The summed E-state index contributed by atoms with van der Waals surface area (Å²) in [6, 6.07) is 2.03. The largest absolute Gasteiger partial charge is 0.391 e. The summed E-state index contributed by atoms with van der Waals surface area (Å²) in [5.74, 6) is 0. The zero-order valence-corrected chi connectivity index (χ0v) is 7.82. The molecule has 0 bridgehead atoms. The number of rotatable bonds is 0. The third-order valence-corrected chi connectivity index (χ3v) is 2.94. The van der Waals surface area contributed by atoms with Crippen molar-refractivity contribution in [2.45, 2.75) is 13.3 Å². The van der Waals surface area contributed by atoms with Gasteiger partial charge in [-0.25, -0.2) is 0 Å². The van der Waals surface area contributed by atoms with Crippen LogP contribution < -0.4 is 15.5 Å². The van der Waals surface area contributed by atoms with Gasteiger partial charge in [0.2, 0.25) is 0 Å². The number of hydrogen-bond acceptors (Lipinski definition) is 2. The van der Waals surface area contributed by atoms with Crippen LogP contribution in [-0.4, -0.2) is 0 Å². The van der Waals surface area contributed by atoms with Gasteiger partial charge < -0.3 is 5.73 Å². The van der Waals surface area contributed by atoms with Crippen molar-refractivity contribution in [2.75, 3.05) is 5.73 Å². The predicted molar refractivity (Wildman–Crippen MR) is 55.3 cm³/mol. The topological polar surface area (TPSA) is 26.0 Å². The first kappa shape index (κ1) is 7.62. The van der Waals surface area contributed by atoms with Crippen LogP contribution in [0.1, 0.15) is 13.3 Å². The molecule has 1 aliphatic rings. The zero-order valence-electron chi connectivity index (χ0n) is 7.00. The van der Waals surface area contributed by atoms with Crippen molar-refractivity contribution >= 4 is 28.5 Å². The molecule has 0 fully saturated rings. The molecule has 0 saturated heterocycles. The zero-order chi connectivity index (χ0) is 8.55. The Labute approximate surface area is 75.5 Å². The Hall–Kier alpha value is -1.02. The smallest absolute Gasteiger partial charge is 0.0868 e. The standard InChI is InChI=1S/C10H11NS/c1-7-2-4-8-6-10(11)12-9(8)5-3-7/h2,4-6H,3,11H2,1H3. The normalized spacial score (nSPS) is 15.2. The molecule has 0 saturated carbocycles. The van der Waals surface area contributed by atoms with Crippen molar-refractivity contribution in [3.05, 3.63) is 27.5 Å². The molecule has 2 N–H and O–H groups in total. The molecular formula is C10H11NS. The Morgan fingerprint density at radius 1 is 1.42 bits per heavy atom.